The van der Waals surface area contributed by atoms with E-state index in [-0.39, 0.29) is 0 Å². The molecule has 0 fully saturated rings. The highest BCUT2D eigenvalue weighted by Crippen LogP contribution is 2.46. The Morgan fingerprint density at radius 3 is 2.59 bits per heavy atom. The van der Waals surface area contributed by atoms with Crippen molar-refractivity contribution in [2.24, 2.45) is 7.05 Å². The van der Waals surface area contributed by atoms with Crippen LogP contribution in [0.1, 0.15) is 12.6 Å². The Hall–Kier alpha value is -2.72. The molecule has 0 spiro atoms. The highest BCUT2D eigenvalue weighted by Gasteiger charge is 2.23. The van der Waals surface area contributed by atoms with Gasteiger partial charge < -0.3 is 9.64 Å². The van der Waals surface area contributed by atoms with Crippen molar-refractivity contribution >= 4 is 23.5 Å². The van der Waals surface area contributed by atoms with Crippen LogP contribution < -0.4 is 14.2 Å². The molecule has 0 bridgehead atoms. The molecule has 1 aromatic heterocycles. The van der Waals surface area contributed by atoms with Crippen molar-refractivity contribution < 1.29 is 9.30 Å². The van der Waals surface area contributed by atoms with Crippen molar-refractivity contribution in [1.82, 2.24) is 0 Å². The molecule has 27 heavy (non-hydrogen) atoms. The minimum absolute atomic E-state index is 0.686. The topological polar surface area (TPSA) is 16.4 Å². The van der Waals surface area contributed by atoms with Gasteiger partial charge in [0.2, 0.25) is 5.69 Å². The van der Waals surface area contributed by atoms with Crippen LogP contribution in [0.25, 0.3) is 17.2 Å². The number of thioether (sulfide) groups is 1. The van der Waals surface area contributed by atoms with Gasteiger partial charge in [-0.3, -0.25) is 0 Å². The highest BCUT2D eigenvalue weighted by molar-refractivity contribution is 8.03. The van der Waals surface area contributed by atoms with E-state index in [0.717, 1.165) is 5.75 Å². The zero-order valence-electron chi connectivity index (χ0n) is 15.8. The summed E-state index contributed by atoms with van der Waals surface area (Å²) in [7, 11) is 4.21. The molecule has 0 saturated heterocycles. The molecule has 0 aliphatic carbocycles. The number of pyridine rings is 1. The summed E-state index contributed by atoms with van der Waals surface area (Å²) in [4.78, 5) is 3.47. The maximum atomic E-state index is 5.64. The summed E-state index contributed by atoms with van der Waals surface area (Å²) in [5.41, 5.74) is 4.84. The van der Waals surface area contributed by atoms with E-state index < -0.39 is 0 Å². The molecule has 0 atom stereocenters. The maximum Gasteiger partial charge on any atom is 0.207 e. The lowest BCUT2D eigenvalue weighted by molar-refractivity contribution is -0.672. The molecule has 4 heteroatoms. The van der Waals surface area contributed by atoms with Crippen molar-refractivity contribution in [3.05, 3.63) is 77.6 Å². The molecular formula is C23H23N2OS+. The third-order valence-electron chi connectivity index (χ3n) is 4.70. The molecule has 136 valence electrons. The van der Waals surface area contributed by atoms with Gasteiger partial charge in [-0.1, -0.05) is 42.1 Å². The summed E-state index contributed by atoms with van der Waals surface area (Å²) >= 11 is 1.78. The first-order chi connectivity index (χ1) is 13.2. The molecule has 0 unspecified atom stereocenters. The Labute approximate surface area is 164 Å². The normalized spacial score (nSPS) is 14.5. The summed E-state index contributed by atoms with van der Waals surface area (Å²) in [5.74, 6) is 0.927. The van der Waals surface area contributed by atoms with Gasteiger partial charge in [0.1, 0.15) is 12.8 Å². The fraction of sp³-hybridized carbons (Fsp3) is 0.174. The first kappa shape index (κ1) is 17.7. The van der Waals surface area contributed by atoms with Gasteiger partial charge in [-0.25, -0.2) is 4.57 Å². The Bertz CT molecular complexity index is 999. The van der Waals surface area contributed by atoms with Crippen LogP contribution in [0.3, 0.4) is 0 Å². The zero-order chi connectivity index (χ0) is 18.8. The number of hydrogen-bond donors (Lipinski definition) is 0. The molecule has 0 N–H and O–H groups in total. The predicted molar refractivity (Wildman–Crippen MR) is 113 cm³/mol. The van der Waals surface area contributed by atoms with Gasteiger partial charge in [-0.2, -0.15) is 0 Å². The number of anilines is 1. The van der Waals surface area contributed by atoms with Crippen molar-refractivity contribution in [3.8, 4) is 16.9 Å². The van der Waals surface area contributed by atoms with Gasteiger partial charge in [0.05, 0.1) is 17.3 Å². The number of aromatic nitrogens is 1. The van der Waals surface area contributed by atoms with E-state index in [9.17, 15) is 0 Å². The summed E-state index contributed by atoms with van der Waals surface area (Å²) in [6.45, 7) is 2.70. The minimum Gasteiger partial charge on any atom is -0.494 e. The number of aryl methyl sites for hydroxylation is 1. The predicted octanol–water partition coefficient (Wildman–Crippen LogP) is 5.12. The van der Waals surface area contributed by atoms with E-state index >= 15 is 0 Å². The van der Waals surface area contributed by atoms with Crippen molar-refractivity contribution in [3.63, 3.8) is 0 Å². The number of ether oxygens (including phenoxy) is 1. The van der Waals surface area contributed by atoms with Gasteiger partial charge in [0.15, 0.2) is 6.20 Å². The highest BCUT2D eigenvalue weighted by atomic mass is 32.2. The molecule has 0 radical (unpaired) electrons. The fourth-order valence-electron chi connectivity index (χ4n) is 3.23. The van der Waals surface area contributed by atoms with Gasteiger partial charge in [-0.15, -0.1) is 0 Å². The number of nitrogens with zero attached hydrogens (tertiary/aromatic N) is 2. The second-order valence-corrected chi connectivity index (χ2v) is 7.59. The number of benzene rings is 2. The van der Waals surface area contributed by atoms with Crippen LogP contribution in [0.15, 0.2) is 76.8 Å². The summed E-state index contributed by atoms with van der Waals surface area (Å²) < 4.78 is 7.82. The van der Waals surface area contributed by atoms with Crippen LogP contribution in [0, 0.1) is 0 Å². The standard InChI is InChI=1S/C23H23N2OS/c1-4-26-20-12-13-21-22(15-20)27-23(25(21)3)14-19-11-10-18(16-24(19)2)17-8-6-5-7-9-17/h5-16H,4H2,1-3H3/q+1. The Morgan fingerprint density at radius 1 is 1.04 bits per heavy atom. The van der Waals surface area contributed by atoms with Crippen molar-refractivity contribution in [1.29, 1.82) is 0 Å². The van der Waals surface area contributed by atoms with Crippen LogP contribution in [-0.4, -0.2) is 13.7 Å². The van der Waals surface area contributed by atoms with Gasteiger partial charge >= 0.3 is 0 Å². The van der Waals surface area contributed by atoms with Gasteiger partial charge in [0, 0.05) is 29.6 Å². The van der Waals surface area contributed by atoms with E-state index in [2.05, 4.69) is 84.4 Å². The summed E-state index contributed by atoms with van der Waals surface area (Å²) in [6, 6.07) is 21.1. The smallest absolute Gasteiger partial charge is 0.207 e. The van der Waals surface area contributed by atoms with Crippen LogP contribution in [-0.2, 0) is 7.05 Å². The first-order valence-corrected chi connectivity index (χ1v) is 9.92. The van der Waals surface area contributed by atoms with Crippen LogP contribution in [0.4, 0.5) is 5.69 Å². The lowest BCUT2D eigenvalue weighted by Crippen LogP contribution is -2.31. The van der Waals surface area contributed by atoms with Crippen LogP contribution >= 0.6 is 11.8 Å². The lowest BCUT2D eigenvalue weighted by atomic mass is 10.1. The van der Waals surface area contributed by atoms with Crippen molar-refractivity contribution in [2.75, 3.05) is 18.6 Å². The molecule has 4 rings (SSSR count). The average molecular weight is 376 g/mol. The molecule has 3 aromatic rings. The van der Waals surface area contributed by atoms with Crippen molar-refractivity contribution in [2.45, 2.75) is 11.8 Å². The second-order valence-electron chi connectivity index (χ2n) is 6.53. The third-order valence-corrected chi connectivity index (χ3v) is 5.85. The van der Waals surface area contributed by atoms with E-state index in [1.807, 2.05) is 19.1 Å². The first-order valence-electron chi connectivity index (χ1n) is 9.11. The molecule has 0 saturated carbocycles. The molecule has 1 aliphatic heterocycles. The lowest BCUT2D eigenvalue weighted by Gasteiger charge is -2.13. The Morgan fingerprint density at radius 2 is 1.85 bits per heavy atom. The van der Waals surface area contributed by atoms with E-state index in [1.54, 1.807) is 11.8 Å². The van der Waals surface area contributed by atoms with E-state index in [1.165, 1.54) is 32.4 Å². The number of fused-ring (bicyclic) bond motifs is 1. The fourth-order valence-corrected chi connectivity index (χ4v) is 4.36. The molecular weight excluding hydrogens is 352 g/mol. The monoisotopic (exact) mass is 375 g/mol. The average Bonchev–Trinajstić information content (AvgIpc) is 2.99. The minimum atomic E-state index is 0.686. The number of hydrogen-bond acceptors (Lipinski definition) is 3. The van der Waals surface area contributed by atoms with E-state index in [4.69, 9.17) is 4.74 Å². The zero-order valence-corrected chi connectivity index (χ0v) is 16.7. The maximum absolute atomic E-state index is 5.64. The summed E-state index contributed by atoms with van der Waals surface area (Å²) in [6.07, 6.45) is 4.42. The Kier molecular flexibility index (Phi) is 4.90. The SMILES string of the molecule is CCOc1ccc2c(c1)S/C(=C\c1ccc(-c3ccccc3)c[n+]1C)N2C. The van der Waals surface area contributed by atoms with Gasteiger partial charge in [0.25, 0.3) is 0 Å². The Balaban J connectivity index is 1.62. The molecule has 2 aromatic carbocycles. The quantitative estimate of drug-likeness (QED) is 0.589. The number of rotatable bonds is 4. The summed E-state index contributed by atoms with van der Waals surface area (Å²) in [5, 5.41) is 1.21. The molecule has 3 nitrogen and oxygen atoms in total. The van der Waals surface area contributed by atoms with Crippen LogP contribution in [0.5, 0.6) is 5.75 Å². The molecule has 2 heterocycles. The molecule has 1 aliphatic rings. The third kappa shape index (κ3) is 3.58. The van der Waals surface area contributed by atoms with Crippen LogP contribution in [0.2, 0.25) is 0 Å². The van der Waals surface area contributed by atoms with E-state index in [0.29, 0.717) is 6.61 Å². The molecule has 0 amide bonds. The largest absolute Gasteiger partial charge is 0.494 e. The van der Waals surface area contributed by atoms with Gasteiger partial charge in [-0.05, 0) is 36.8 Å². The second kappa shape index (κ2) is 7.49.